The molecule has 0 amide bonds. The van der Waals surface area contributed by atoms with Crippen LogP contribution in [0.5, 0.6) is 0 Å². The lowest BCUT2D eigenvalue weighted by atomic mass is 10.1. The van der Waals surface area contributed by atoms with E-state index in [1.807, 2.05) is 0 Å². The molecule has 0 fully saturated rings. The van der Waals surface area contributed by atoms with Crippen molar-refractivity contribution < 1.29 is 30.0 Å². The molecule has 35 heavy (non-hydrogen) atoms. The van der Waals surface area contributed by atoms with Crippen LogP contribution in [0, 0.1) is 0 Å². The van der Waals surface area contributed by atoms with E-state index in [-0.39, 0.29) is 27.0 Å². The minimum Gasteiger partial charge on any atom is -0.249 e. The van der Waals surface area contributed by atoms with E-state index >= 15 is 0 Å². The highest BCUT2D eigenvalue weighted by molar-refractivity contribution is 7.91. The molecule has 3 aromatic heterocycles. The van der Waals surface area contributed by atoms with Crippen molar-refractivity contribution in [2.45, 2.75) is 22.9 Å². The van der Waals surface area contributed by atoms with E-state index in [2.05, 4.69) is 10.1 Å². The van der Waals surface area contributed by atoms with Crippen LogP contribution in [0.15, 0.2) is 69.4 Å². The zero-order valence-electron chi connectivity index (χ0n) is 18.2. The van der Waals surface area contributed by atoms with E-state index in [1.54, 1.807) is 0 Å². The molecule has 0 saturated carbocycles. The molecule has 9 nitrogen and oxygen atoms in total. The average molecular weight is 527 g/mol. The maximum atomic E-state index is 13.1. The maximum absolute atomic E-state index is 13.1. The Morgan fingerprint density at radius 1 is 0.971 bits per heavy atom. The predicted molar refractivity (Wildman–Crippen MR) is 120 cm³/mol. The Bertz CT molecular complexity index is 1720. The molecule has 0 radical (unpaired) electrons. The van der Waals surface area contributed by atoms with Gasteiger partial charge in [-0.25, -0.2) is 31.0 Å². The lowest BCUT2D eigenvalue weighted by molar-refractivity contribution is -0.137. The molecule has 3 heterocycles. The number of aromatic nitrogens is 4. The fourth-order valence-electron chi connectivity index (χ4n) is 3.31. The SMILES string of the molecule is CCS(=O)(=O)c1cc(-c2ccc(S(C)(=O)=O)cc2)cnc1-n1nc2ccc(C(F)(F)F)cn2c1=O. The lowest BCUT2D eigenvalue weighted by Crippen LogP contribution is -2.23. The number of fused-ring (bicyclic) bond motifs is 1. The van der Waals surface area contributed by atoms with E-state index < -0.39 is 37.1 Å². The van der Waals surface area contributed by atoms with Gasteiger partial charge in [0.1, 0.15) is 4.90 Å². The molecule has 1 aromatic carbocycles. The van der Waals surface area contributed by atoms with Gasteiger partial charge in [-0.2, -0.15) is 17.9 Å². The van der Waals surface area contributed by atoms with Crippen molar-refractivity contribution in [3.8, 4) is 16.9 Å². The summed E-state index contributed by atoms with van der Waals surface area (Å²) >= 11 is 0. The largest absolute Gasteiger partial charge is 0.417 e. The highest BCUT2D eigenvalue weighted by atomic mass is 32.2. The second-order valence-corrected chi connectivity index (χ2v) is 11.8. The quantitative estimate of drug-likeness (QED) is 0.392. The van der Waals surface area contributed by atoms with E-state index in [4.69, 9.17) is 0 Å². The summed E-state index contributed by atoms with van der Waals surface area (Å²) in [7, 11) is -7.41. The average Bonchev–Trinajstić information content (AvgIpc) is 3.13. The molecule has 0 spiro atoms. The van der Waals surface area contributed by atoms with E-state index in [9.17, 15) is 34.8 Å². The van der Waals surface area contributed by atoms with Gasteiger partial charge in [-0.3, -0.25) is 0 Å². The number of pyridine rings is 2. The molecule has 14 heteroatoms. The third-order valence-electron chi connectivity index (χ3n) is 5.21. The third kappa shape index (κ3) is 4.58. The molecule has 0 atom stereocenters. The summed E-state index contributed by atoms with van der Waals surface area (Å²) in [6.45, 7) is 1.38. The topological polar surface area (TPSA) is 120 Å². The van der Waals surface area contributed by atoms with Crippen molar-refractivity contribution in [1.82, 2.24) is 19.2 Å². The molecule has 0 aliphatic carbocycles. The first-order chi connectivity index (χ1) is 16.2. The second kappa shape index (κ2) is 8.30. The lowest BCUT2D eigenvalue weighted by Gasteiger charge is -2.10. The van der Waals surface area contributed by atoms with Crippen molar-refractivity contribution in [3.05, 3.63) is 70.9 Å². The van der Waals surface area contributed by atoms with Gasteiger partial charge in [-0.05, 0) is 35.9 Å². The molecule has 0 bridgehead atoms. The Hall–Kier alpha value is -3.52. The van der Waals surface area contributed by atoms with Crippen LogP contribution in [-0.2, 0) is 25.9 Å². The van der Waals surface area contributed by atoms with Gasteiger partial charge in [-0.15, -0.1) is 5.10 Å². The third-order valence-corrected chi connectivity index (χ3v) is 8.07. The van der Waals surface area contributed by atoms with Gasteiger partial charge in [0.25, 0.3) is 0 Å². The Morgan fingerprint density at radius 2 is 1.63 bits per heavy atom. The van der Waals surface area contributed by atoms with Crippen LogP contribution in [-0.4, -0.2) is 48.0 Å². The Morgan fingerprint density at radius 3 is 2.20 bits per heavy atom. The van der Waals surface area contributed by atoms with E-state index in [0.717, 1.165) is 18.4 Å². The standard InChI is InChI=1S/C21H17F3N4O5S2/c1-3-35(32,33)17-10-14(13-4-7-16(8-5-13)34(2,30)31)11-25-19(17)28-20(29)27-12-15(21(22,23)24)6-9-18(27)26-28/h4-12H,3H2,1-2H3. The fourth-order valence-corrected chi connectivity index (χ4v) is 4.98. The Labute approximate surface area is 197 Å². The van der Waals surface area contributed by atoms with Gasteiger partial charge in [0.05, 0.1) is 16.2 Å². The number of benzene rings is 1. The molecule has 0 aliphatic rings. The molecular weight excluding hydrogens is 509 g/mol. The summed E-state index contributed by atoms with van der Waals surface area (Å²) in [4.78, 5) is 16.7. The second-order valence-electron chi connectivity index (χ2n) is 7.58. The summed E-state index contributed by atoms with van der Waals surface area (Å²) in [6, 6.07) is 8.68. The van der Waals surface area contributed by atoms with Crippen LogP contribution in [0.2, 0.25) is 0 Å². The zero-order chi connectivity index (χ0) is 25.8. The summed E-state index contributed by atoms with van der Waals surface area (Å²) in [5.41, 5.74) is -1.46. The summed E-state index contributed by atoms with van der Waals surface area (Å²) in [6.07, 6.45) is -1.81. The van der Waals surface area contributed by atoms with Gasteiger partial charge in [0.15, 0.2) is 31.1 Å². The number of alkyl halides is 3. The fraction of sp³-hybridized carbons (Fsp3) is 0.190. The summed E-state index contributed by atoms with van der Waals surface area (Å²) in [5.74, 6) is -0.719. The molecule has 0 saturated heterocycles. The van der Waals surface area contributed by atoms with Crippen LogP contribution >= 0.6 is 0 Å². The zero-order valence-corrected chi connectivity index (χ0v) is 19.8. The summed E-state index contributed by atoms with van der Waals surface area (Å²) in [5, 5.41) is 3.96. The molecule has 0 N–H and O–H groups in total. The number of hydrogen-bond acceptors (Lipinski definition) is 7. The van der Waals surface area contributed by atoms with Crippen LogP contribution in [0.3, 0.4) is 0 Å². The van der Waals surface area contributed by atoms with Crippen LogP contribution in [0.1, 0.15) is 12.5 Å². The number of hydrogen-bond donors (Lipinski definition) is 0. The molecule has 0 unspecified atom stereocenters. The number of rotatable bonds is 5. The van der Waals surface area contributed by atoms with Crippen molar-refractivity contribution in [3.63, 3.8) is 0 Å². The van der Waals surface area contributed by atoms with Crippen molar-refractivity contribution in [2.75, 3.05) is 12.0 Å². The normalized spacial score (nSPS) is 12.8. The Balaban J connectivity index is 1.91. The molecule has 184 valence electrons. The van der Waals surface area contributed by atoms with Crippen LogP contribution in [0.25, 0.3) is 22.6 Å². The van der Waals surface area contributed by atoms with Gasteiger partial charge >= 0.3 is 11.9 Å². The number of nitrogens with zero attached hydrogens (tertiary/aromatic N) is 4. The van der Waals surface area contributed by atoms with Crippen LogP contribution < -0.4 is 5.69 Å². The molecule has 4 aromatic rings. The maximum Gasteiger partial charge on any atom is 0.417 e. The predicted octanol–water partition coefficient (Wildman–Crippen LogP) is 2.76. The van der Waals surface area contributed by atoms with Crippen molar-refractivity contribution >= 4 is 25.3 Å². The number of sulfone groups is 2. The first kappa shape index (κ1) is 24.6. The van der Waals surface area contributed by atoms with E-state index in [1.165, 1.54) is 43.5 Å². The molecule has 4 rings (SSSR count). The Kier molecular flexibility index (Phi) is 5.84. The van der Waals surface area contributed by atoms with E-state index in [0.29, 0.717) is 26.4 Å². The van der Waals surface area contributed by atoms with Crippen LogP contribution in [0.4, 0.5) is 13.2 Å². The number of halogens is 3. The minimum atomic E-state index is -4.70. The molecule has 0 aliphatic heterocycles. The minimum absolute atomic E-state index is 0.0710. The van der Waals surface area contributed by atoms with Gasteiger partial charge in [0, 0.05) is 24.2 Å². The van der Waals surface area contributed by atoms with Crippen molar-refractivity contribution in [2.24, 2.45) is 0 Å². The smallest absolute Gasteiger partial charge is 0.249 e. The highest BCUT2D eigenvalue weighted by Gasteiger charge is 2.31. The van der Waals surface area contributed by atoms with Gasteiger partial charge < -0.3 is 0 Å². The van der Waals surface area contributed by atoms with Gasteiger partial charge in [-0.1, -0.05) is 19.1 Å². The monoisotopic (exact) mass is 526 g/mol. The first-order valence-corrected chi connectivity index (χ1v) is 13.5. The highest BCUT2D eigenvalue weighted by Crippen LogP contribution is 2.30. The van der Waals surface area contributed by atoms with Crippen molar-refractivity contribution in [1.29, 1.82) is 0 Å². The van der Waals surface area contributed by atoms with Gasteiger partial charge in [0.2, 0.25) is 0 Å². The summed E-state index contributed by atoms with van der Waals surface area (Å²) < 4.78 is 89.6. The first-order valence-electron chi connectivity index (χ1n) is 9.94. The molecular formula is C21H17F3N4O5S2.